The van der Waals surface area contributed by atoms with Gasteiger partial charge in [-0.15, -0.1) is 0 Å². The van der Waals surface area contributed by atoms with Crippen molar-refractivity contribution in [2.24, 2.45) is 0 Å². The summed E-state index contributed by atoms with van der Waals surface area (Å²) in [4.78, 5) is 4.08. The fourth-order valence-corrected chi connectivity index (χ4v) is 2.64. The van der Waals surface area contributed by atoms with Crippen LogP contribution in [-0.4, -0.2) is 28.5 Å². The molecule has 0 amide bonds. The van der Waals surface area contributed by atoms with Crippen LogP contribution in [0.25, 0.3) is 0 Å². The maximum atomic E-state index is 4.08. The van der Waals surface area contributed by atoms with Gasteiger partial charge in [0, 0.05) is 30.7 Å². The third-order valence-corrected chi connectivity index (χ3v) is 3.67. The molecular weight excluding hydrogens is 220 g/mol. The van der Waals surface area contributed by atoms with E-state index in [1.807, 2.05) is 0 Å². The standard InChI is InChI=1S/C11H20N4S/c1-2-4-6-10(5-3-1)12-7-8-13-11-14-9-15-16-11/h9-10,12H,1-8H2,(H,13,14,15). The van der Waals surface area contributed by atoms with E-state index in [9.17, 15) is 0 Å². The third-order valence-electron chi connectivity index (χ3n) is 3.05. The topological polar surface area (TPSA) is 49.8 Å². The Kier molecular flexibility index (Phi) is 5.02. The molecule has 1 aromatic rings. The Morgan fingerprint density at radius 1 is 1.19 bits per heavy atom. The molecule has 0 bridgehead atoms. The molecular formula is C11H20N4S. The summed E-state index contributed by atoms with van der Waals surface area (Å²) in [5.41, 5.74) is 0. The van der Waals surface area contributed by atoms with Crippen LogP contribution in [0.2, 0.25) is 0 Å². The molecule has 1 saturated carbocycles. The Morgan fingerprint density at radius 3 is 2.69 bits per heavy atom. The first-order valence-electron chi connectivity index (χ1n) is 6.19. The van der Waals surface area contributed by atoms with Gasteiger partial charge in [0.25, 0.3) is 0 Å². The van der Waals surface area contributed by atoms with Crippen molar-refractivity contribution in [3.63, 3.8) is 0 Å². The van der Waals surface area contributed by atoms with Crippen molar-refractivity contribution in [1.82, 2.24) is 14.7 Å². The number of rotatable bonds is 5. The Hall–Kier alpha value is -0.680. The van der Waals surface area contributed by atoms with Crippen molar-refractivity contribution in [2.75, 3.05) is 18.4 Å². The molecule has 1 heterocycles. The van der Waals surface area contributed by atoms with Gasteiger partial charge in [0.1, 0.15) is 6.33 Å². The van der Waals surface area contributed by atoms with Gasteiger partial charge in [-0.1, -0.05) is 25.7 Å². The Morgan fingerprint density at radius 2 is 2.00 bits per heavy atom. The lowest BCUT2D eigenvalue weighted by Crippen LogP contribution is -2.32. The zero-order valence-corrected chi connectivity index (χ0v) is 10.4. The molecule has 2 N–H and O–H groups in total. The van der Waals surface area contributed by atoms with Crippen molar-refractivity contribution >= 4 is 16.7 Å². The van der Waals surface area contributed by atoms with Crippen molar-refractivity contribution in [3.05, 3.63) is 6.33 Å². The highest BCUT2D eigenvalue weighted by Crippen LogP contribution is 2.16. The summed E-state index contributed by atoms with van der Waals surface area (Å²) in [7, 11) is 0. The fraction of sp³-hybridized carbons (Fsp3) is 0.818. The first kappa shape index (κ1) is 11.8. The molecule has 0 aromatic carbocycles. The third kappa shape index (κ3) is 4.06. The second kappa shape index (κ2) is 6.81. The zero-order valence-electron chi connectivity index (χ0n) is 9.61. The molecule has 0 unspecified atom stereocenters. The van der Waals surface area contributed by atoms with Gasteiger partial charge in [-0.05, 0) is 12.8 Å². The smallest absolute Gasteiger partial charge is 0.202 e. The normalized spacial score (nSPS) is 18.2. The van der Waals surface area contributed by atoms with E-state index in [2.05, 4.69) is 20.0 Å². The maximum Gasteiger partial charge on any atom is 0.202 e. The van der Waals surface area contributed by atoms with Gasteiger partial charge in [0.05, 0.1) is 0 Å². The van der Waals surface area contributed by atoms with Crippen LogP contribution < -0.4 is 10.6 Å². The molecule has 90 valence electrons. The predicted octanol–water partition coefficient (Wildman–Crippen LogP) is 2.26. The van der Waals surface area contributed by atoms with Gasteiger partial charge >= 0.3 is 0 Å². The van der Waals surface area contributed by atoms with E-state index in [0.717, 1.165) is 24.3 Å². The van der Waals surface area contributed by atoms with Crippen LogP contribution in [0, 0.1) is 0 Å². The molecule has 1 aromatic heterocycles. The minimum Gasteiger partial charge on any atom is -0.359 e. The first-order chi connectivity index (χ1) is 7.95. The second-order valence-corrected chi connectivity index (χ2v) is 5.10. The highest BCUT2D eigenvalue weighted by molar-refractivity contribution is 7.09. The summed E-state index contributed by atoms with van der Waals surface area (Å²) < 4.78 is 3.95. The summed E-state index contributed by atoms with van der Waals surface area (Å²) >= 11 is 1.41. The van der Waals surface area contributed by atoms with E-state index in [0.29, 0.717) is 0 Å². The van der Waals surface area contributed by atoms with Gasteiger partial charge in [-0.2, -0.15) is 4.37 Å². The maximum absolute atomic E-state index is 4.08. The van der Waals surface area contributed by atoms with E-state index in [4.69, 9.17) is 0 Å². The zero-order chi connectivity index (χ0) is 11.1. The van der Waals surface area contributed by atoms with Crippen LogP contribution in [-0.2, 0) is 0 Å². The Balaban J connectivity index is 1.56. The van der Waals surface area contributed by atoms with Crippen LogP contribution in [0.15, 0.2) is 6.33 Å². The molecule has 1 fully saturated rings. The minimum atomic E-state index is 0.735. The summed E-state index contributed by atoms with van der Waals surface area (Å²) in [6.45, 7) is 1.95. The quantitative estimate of drug-likeness (QED) is 0.612. The van der Waals surface area contributed by atoms with Crippen molar-refractivity contribution in [3.8, 4) is 0 Å². The van der Waals surface area contributed by atoms with Crippen molar-refractivity contribution in [1.29, 1.82) is 0 Å². The van der Waals surface area contributed by atoms with Crippen LogP contribution in [0.1, 0.15) is 38.5 Å². The lowest BCUT2D eigenvalue weighted by atomic mass is 10.1. The van der Waals surface area contributed by atoms with E-state index in [1.165, 1.54) is 50.1 Å². The van der Waals surface area contributed by atoms with Crippen molar-refractivity contribution in [2.45, 2.75) is 44.6 Å². The van der Waals surface area contributed by atoms with Gasteiger partial charge in [0.2, 0.25) is 5.13 Å². The monoisotopic (exact) mass is 240 g/mol. The molecule has 0 radical (unpaired) electrons. The van der Waals surface area contributed by atoms with Crippen LogP contribution in [0.3, 0.4) is 0 Å². The lowest BCUT2D eigenvalue weighted by molar-refractivity contribution is 0.468. The van der Waals surface area contributed by atoms with E-state index in [1.54, 1.807) is 6.33 Å². The summed E-state index contributed by atoms with van der Waals surface area (Å²) in [5.74, 6) is 0. The molecule has 0 atom stereocenters. The molecule has 2 rings (SSSR count). The molecule has 0 saturated heterocycles. The summed E-state index contributed by atoms with van der Waals surface area (Å²) in [6, 6.07) is 0.735. The molecule has 0 spiro atoms. The molecule has 4 nitrogen and oxygen atoms in total. The molecule has 16 heavy (non-hydrogen) atoms. The number of hydrogen-bond donors (Lipinski definition) is 2. The largest absolute Gasteiger partial charge is 0.359 e. The number of nitrogens with one attached hydrogen (secondary N) is 2. The number of aromatic nitrogens is 2. The number of nitrogens with zero attached hydrogens (tertiary/aromatic N) is 2. The number of hydrogen-bond acceptors (Lipinski definition) is 5. The highest BCUT2D eigenvalue weighted by Gasteiger charge is 2.10. The van der Waals surface area contributed by atoms with Gasteiger partial charge in [-0.3, -0.25) is 0 Å². The molecule has 1 aliphatic carbocycles. The lowest BCUT2D eigenvalue weighted by Gasteiger charge is -2.15. The van der Waals surface area contributed by atoms with E-state index in [-0.39, 0.29) is 0 Å². The van der Waals surface area contributed by atoms with Crippen LogP contribution in [0.4, 0.5) is 5.13 Å². The SMILES string of the molecule is c1nsc(NCCNC2CCCCCC2)n1. The molecule has 0 aliphatic heterocycles. The Bertz CT molecular complexity index is 268. The van der Waals surface area contributed by atoms with Gasteiger partial charge in [0.15, 0.2) is 0 Å². The fourth-order valence-electron chi connectivity index (χ4n) is 2.18. The molecule has 1 aliphatic rings. The minimum absolute atomic E-state index is 0.735. The first-order valence-corrected chi connectivity index (χ1v) is 6.96. The summed E-state index contributed by atoms with van der Waals surface area (Å²) in [5, 5.41) is 7.80. The average Bonchev–Trinajstić information content (AvgIpc) is 2.68. The van der Waals surface area contributed by atoms with Crippen LogP contribution in [0.5, 0.6) is 0 Å². The Labute approximate surface area is 101 Å². The summed E-state index contributed by atoms with van der Waals surface area (Å²) in [6.07, 6.45) is 9.90. The number of anilines is 1. The van der Waals surface area contributed by atoms with Crippen molar-refractivity contribution < 1.29 is 0 Å². The van der Waals surface area contributed by atoms with Gasteiger partial charge in [-0.25, -0.2) is 4.98 Å². The average molecular weight is 240 g/mol. The molecule has 5 heteroatoms. The second-order valence-electron chi connectivity index (χ2n) is 4.32. The predicted molar refractivity (Wildman–Crippen MR) is 67.9 cm³/mol. The van der Waals surface area contributed by atoms with E-state index < -0.39 is 0 Å². The highest BCUT2D eigenvalue weighted by atomic mass is 32.1. The van der Waals surface area contributed by atoms with Crippen LogP contribution >= 0.6 is 11.5 Å². The van der Waals surface area contributed by atoms with Gasteiger partial charge < -0.3 is 10.6 Å². The van der Waals surface area contributed by atoms with E-state index >= 15 is 0 Å².